The Hall–Kier alpha value is -3.28. The summed E-state index contributed by atoms with van der Waals surface area (Å²) in [4.78, 5) is 16.8. The minimum atomic E-state index is -0.262. The van der Waals surface area contributed by atoms with Gasteiger partial charge in [0.1, 0.15) is 5.82 Å². The fraction of sp³-hybridized carbons (Fsp3) is 0.241. The standard InChI is InChI=1S/C29H27ClFNO3/c1-34-16-15-20-5-2-3-6-22(20)17-23-9-10-24(18-26(23)31)27-7-4-8-29(32-27)35-19-28(33)21-11-13-25(30)14-12-21/h2-14,18,20,22H,15-17,19H2,1H3. The van der Waals surface area contributed by atoms with E-state index < -0.39 is 0 Å². The van der Waals surface area contributed by atoms with E-state index in [0.717, 1.165) is 6.42 Å². The van der Waals surface area contributed by atoms with Crippen molar-refractivity contribution in [1.29, 1.82) is 0 Å². The van der Waals surface area contributed by atoms with Gasteiger partial charge in [0.25, 0.3) is 0 Å². The van der Waals surface area contributed by atoms with Crippen molar-refractivity contribution in [3.63, 3.8) is 0 Å². The molecule has 0 fully saturated rings. The summed E-state index contributed by atoms with van der Waals surface area (Å²) in [5, 5.41) is 0.563. The van der Waals surface area contributed by atoms with Crippen LogP contribution in [0.25, 0.3) is 11.3 Å². The average molecular weight is 492 g/mol. The van der Waals surface area contributed by atoms with Crippen LogP contribution in [0.2, 0.25) is 5.02 Å². The molecule has 180 valence electrons. The number of benzene rings is 2. The van der Waals surface area contributed by atoms with E-state index in [-0.39, 0.29) is 24.1 Å². The lowest BCUT2D eigenvalue weighted by Crippen LogP contribution is -2.17. The van der Waals surface area contributed by atoms with Crippen molar-refractivity contribution >= 4 is 17.4 Å². The predicted octanol–water partition coefficient (Wildman–Crippen LogP) is 6.74. The van der Waals surface area contributed by atoms with Gasteiger partial charge < -0.3 is 9.47 Å². The molecule has 6 heteroatoms. The summed E-state index contributed by atoms with van der Waals surface area (Å²) >= 11 is 5.87. The van der Waals surface area contributed by atoms with Crippen LogP contribution in [0.3, 0.4) is 0 Å². The molecule has 1 aromatic heterocycles. The van der Waals surface area contributed by atoms with Gasteiger partial charge in [0.05, 0.1) is 5.69 Å². The number of rotatable bonds is 10. The van der Waals surface area contributed by atoms with Gasteiger partial charge in [-0.2, -0.15) is 0 Å². The van der Waals surface area contributed by atoms with Crippen molar-refractivity contribution in [2.24, 2.45) is 11.8 Å². The molecule has 2 atom stereocenters. The Morgan fingerprint density at radius 3 is 2.54 bits per heavy atom. The predicted molar refractivity (Wildman–Crippen MR) is 136 cm³/mol. The highest BCUT2D eigenvalue weighted by Crippen LogP contribution is 2.29. The Bertz CT molecular complexity index is 1220. The number of nitrogens with zero attached hydrogens (tertiary/aromatic N) is 1. The van der Waals surface area contributed by atoms with E-state index in [2.05, 4.69) is 17.1 Å². The van der Waals surface area contributed by atoms with Gasteiger partial charge >= 0.3 is 0 Å². The first kappa shape index (κ1) is 24.8. The summed E-state index contributed by atoms with van der Waals surface area (Å²) < 4.78 is 25.9. The normalized spacial score (nSPS) is 16.9. The van der Waals surface area contributed by atoms with Gasteiger partial charge in [-0.1, -0.05) is 54.1 Å². The number of Topliss-reactive ketones (excluding diaryl/α,β-unsaturated/α-hetero) is 1. The number of ketones is 1. The number of pyridine rings is 1. The third-order valence-corrected chi connectivity index (χ3v) is 6.33. The zero-order valence-corrected chi connectivity index (χ0v) is 20.2. The molecule has 0 radical (unpaired) electrons. The Balaban J connectivity index is 1.42. The zero-order valence-electron chi connectivity index (χ0n) is 19.5. The Morgan fingerprint density at radius 2 is 1.80 bits per heavy atom. The Kier molecular flexibility index (Phi) is 8.45. The summed E-state index contributed by atoms with van der Waals surface area (Å²) in [7, 11) is 1.70. The number of carbonyl (C=O) groups excluding carboxylic acids is 1. The minimum absolute atomic E-state index is 0.154. The highest BCUT2D eigenvalue weighted by molar-refractivity contribution is 6.30. The number of allylic oxidation sites excluding steroid dienone is 4. The molecule has 0 saturated heterocycles. The van der Waals surface area contributed by atoms with Crippen LogP contribution in [0.15, 0.2) is 85.0 Å². The molecule has 1 heterocycles. The molecule has 0 bridgehead atoms. The molecular formula is C29H27ClFNO3. The minimum Gasteiger partial charge on any atom is -0.469 e. The van der Waals surface area contributed by atoms with Crippen molar-refractivity contribution < 1.29 is 18.7 Å². The molecule has 4 nitrogen and oxygen atoms in total. The van der Waals surface area contributed by atoms with E-state index in [4.69, 9.17) is 21.1 Å². The lowest BCUT2D eigenvalue weighted by atomic mass is 9.82. The number of halogens is 2. The van der Waals surface area contributed by atoms with E-state index in [1.165, 1.54) is 6.07 Å². The molecule has 1 aliphatic carbocycles. The lowest BCUT2D eigenvalue weighted by Gasteiger charge is -2.24. The highest BCUT2D eigenvalue weighted by Gasteiger charge is 2.20. The number of hydrogen-bond donors (Lipinski definition) is 0. The smallest absolute Gasteiger partial charge is 0.214 e. The molecule has 35 heavy (non-hydrogen) atoms. The van der Waals surface area contributed by atoms with Crippen LogP contribution >= 0.6 is 11.6 Å². The van der Waals surface area contributed by atoms with Crippen LogP contribution in [0.4, 0.5) is 4.39 Å². The number of ether oxygens (including phenoxy) is 2. The molecule has 0 saturated carbocycles. The van der Waals surface area contributed by atoms with Crippen molar-refractivity contribution in [3.8, 4) is 17.1 Å². The quantitative estimate of drug-likeness (QED) is 0.295. The van der Waals surface area contributed by atoms with E-state index in [9.17, 15) is 4.79 Å². The van der Waals surface area contributed by atoms with Gasteiger partial charge in [-0.05, 0) is 66.6 Å². The number of hydrogen-bond acceptors (Lipinski definition) is 4. The average Bonchev–Trinajstić information content (AvgIpc) is 2.88. The second-order valence-corrected chi connectivity index (χ2v) is 8.91. The van der Waals surface area contributed by atoms with Gasteiger partial charge in [-0.15, -0.1) is 0 Å². The maximum Gasteiger partial charge on any atom is 0.214 e. The molecule has 3 aromatic rings. The molecule has 0 amide bonds. The molecule has 2 unspecified atom stereocenters. The van der Waals surface area contributed by atoms with Crippen LogP contribution in [0, 0.1) is 17.7 Å². The fourth-order valence-electron chi connectivity index (χ4n) is 4.12. The molecular weight excluding hydrogens is 465 g/mol. The van der Waals surface area contributed by atoms with Gasteiger partial charge in [0, 0.05) is 35.9 Å². The zero-order chi connectivity index (χ0) is 24.6. The first-order valence-corrected chi connectivity index (χ1v) is 11.9. The van der Waals surface area contributed by atoms with E-state index in [0.29, 0.717) is 52.2 Å². The first-order chi connectivity index (χ1) is 17.0. The molecule has 4 rings (SSSR count). The molecule has 0 aliphatic heterocycles. The number of carbonyl (C=O) groups is 1. The van der Waals surface area contributed by atoms with Crippen LogP contribution in [-0.4, -0.2) is 31.1 Å². The Labute approximate surface area is 210 Å². The van der Waals surface area contributed by atoms with Crippen molar-refractivity contribution in [1.82, 2.24) is 4.98 Å². The van der Waals surface area contributed by atoms with Gasteiger partial charge in [-0.25, -0.2) is 9.37 Å². The monoisotopic (exact) mass is 491 g/mol. The van der Waals surface area contributed by atoms with Gasteiger partial charge in [0.2, 0.25) is 5.88 Å². The third kappa shape index (κ3) is 6.65. The van der Waals surface area contributed by atoms with Crippen molar-refractivity contribution in [2.45, 2.75) is 12.8 Å². The van der Waals surface area contributed by atoms with Crippen molar-refractivity contribution in [3.05, 3.63) is 107 Å². The fourth-order valence-corrected chi connectivity index (χ4v) is 4.25. The summed E-state index contributed by atoms with van der Waals surface area (Å²) in [5.74, 6) is 0.407. The third-order valence-electron chi connectivity index (χ3n) is 6.08. The van der Waals surface area contributed by atoms with Crippen LogP contribution in [-0.2, 0) is 11.2 Å². The SMILES string of the molecule is COCCC1C=CC=CC1Cc1ccc(-c2cccc(OCC(=O)c3ccc(Cl)cc3)n2)cc1F. The summed E-state index contributed by atoms with van der Waals surface area (Å²) in [6.45, 7) is 0.523. The number of methoxy groups -OCH3 is 1. The van der Waals surface area contributed by atoms with Crippen molar-refractivity contribution in [2.75, 3.05) is 20.3 Å². The van der Waals surface area contributed by atoms with E-state index >= 15 is 4.39 Å². The summed E-state index contributed by atoms with van der Waals surface area (Å²) in [6, 6.07) is 17.1. The van der Waals surface area contributed by atoms with E-state index in [1.54, 1.807) is 49.6 Å². The molecule has 0 N–H and O–H groups in total. The largest absolute Gasteiger partial charge is 0.469 e. The maximum atomic E-state index is 15.1. The maximum absolute atomic E-state index is 15.1. The Morgan fingerprint density at radius 1 is 1.03 bits per heavy atom. The van der Waals surface area contributed by atoms with Gasteiger partial charge in [-0.3, -0.25) is 4.79 Å². The van der Waals surface area contributed by atoms with E-state index in [1.807, 2.05) is 24.3 Å². The molecule has 1 aliphatic rings. The highest BCUT2D eigenvalue weighted by atomic mass is 35.5. The second-order valence-electron chi connectivity index (χ2n) is 8.47. The topological polar surface area (TPSA) is 48.4 Å². The van der Waals surface area contributed by atoms with Gasteiger partial charge in [0.15, 0.2) is 12.4 Å². The summed E-state index contributed by atoms with van der Waals surface area (Å²) in [5.41, 5.74) is 2.40. The number of aromatic nitrogens is 1. The van der Waals surface area contributed by atoms with Crippen LogP contribution in [0.5, 0.6) is 5.88 Å². The molecule has 0 spiro atoms. The lowest BCUT2D eigenvalue weighted by molar-refractivity contribution is 0.0918. The second kappa shape index (κ2) is 11.9. The first-order valence-electron chi connectivity index (χ1n) is 11.5. The molecule has 2 aromatic carbocycles. The van der Waals surface area contributed by atoms with Crippen LogP contribution < -0.4 is 4.74 Å². The summed E-state index contributed by atoms with van der Waals surface area (Å²) in [6.07, 6.45) is 9.89. The van der Waals surface area contributed by atoms with Crippen LogP contribution in [0.1, 0.15) is 22.3 Å².